The number of ether oxygens (including phenoxy) is 1. The van der Waals surface area contributed by atoms with Crippen LogP contribution in [0.1, 0.15) is 13.3 Å². The standard InChI is InChI=1S/C7H11NO3/c1-5(8)3-6(9)4-7(10)11-2/h3H,4,8H2,1-2H3/b5-3-. The minimum Gasteiger partial charge on any atom is -0.469 e. The molecule has 0 aliphatic carbocycles. The van der Waals surface area contributed by atoms with Gasteiger partial charge in [0.25, 0.3) is 0 Å². The first-order chi connectivity index (χ1) is 5.06. The van der Waals surface area contributed by atoms with E-state index >= 15 is 0 Å². The van der Waals surface area contributed by atoms with Crippen molar-refractivity contribution in [2.45, 2.75) is 13.3 Å². The average molecular weight is 157 g/mol. The van der Waals surface area contributed by atoms with Gasteiger partial charge in [0.2, 0.25) is 0 Å². The molecule has 0 bridgehead atoms. The lowest BCUT2D eigenvalue weighted by molar-refractivity contribution is -0.142. The second kappa shape index (κ2) is 4.49. The van der Waals surface area contributed by atoms with Gasteiger partial charge in [0.15, 0.2) is 5.78 Å². The molecule has 2 N–H and O–H groups in total. The SMILES string of the molecule is COC(=O)CC(=O)/C=C(/C)N. The number of esters is 1. The Bertz CT molecular complexity index is 192. The third kappa shape index (κ3) is 5.14. The van der Waals surface area contributed by atoms with Crippen LogP contribution in [0, 0.1) is 0 Å². The molecule has 0 fully saturated rings. The Morgan fingerprint density at radius 2 is 2.09 bits per heavy atom. The van der Waals surface area contributed by atoms with Gasteiger partial charge in [-0.2, -0.15) is 0 Å². The number of rotatable bonds is 3. The number of ketones is 1. The molecule has 0 unspecified atom stereocenters. The number of nitrogens with two attached hydrogens (primary N) is 1. The first-order valence-corrected chi connectivity index (χ1v) is 3.09. The van der Waals surface area contributed by atoms with E-state index < -0.39 is 5.97 Å². The maximum atomic E-state index is 10.8. The van der Waals surface area contributed by atoms with Crippen molar-refractivity contribution >= 4 is 11.8 Å². The lowest BCUT2D eigenvalue weighted by Gasteiger charge is -1.94. The second-order valence-electron chi connectivity index (χ2n) is 2.11. The zero-order valence-corrected chi connectivity index (χ0v) is 6.59. The Labute approximate surface area is 65.0 Å². The number of hydrogen-bond donors (Lipinski definition) is 1. The van der Waals surface area contributed by atoms with Crippen LogP contribution in [0.5, 0.6) is 0 Å². The number of carbonyl (C=O) groups excluding carboxylic acids is 2. The average Bonchev–Trinajstić information content (AvgIpc) is 1.85. The first-order valence-electron chi connectivity index (χ1n) is 3.09. The molecule has 0 aromatic rings. The largest absolute Gasteiger partial charge is 0.469 e. The van der Waals surface area contributed by atoms with Gasteiger partial charge in [0.1, 0.15) is 6.42 Å². The Kier molecular flexibility index (Phi) is 3.95. The van der Waals surface area contributed by atoms with E-state index in [4.69, 9.17) is 5.73 Å². The van der Waals surface area contributed by atoms with Crippen molar-refractivity contribution in [1.29, 1.82) is 0 Å². The molecule has 0 rings (SSSR count). The van der Waals surface area contributed by atoms with Crippen LogP contribution in [0.4, 0.5) is 0 Å². The molecule has 62 valence electrons. The second-order valence-corrected chi connectivity index (χ2v) is 2.11. The summed E-state index contributed by atoms with van der Waals surface area (Å²) in [5, 5.41) is 0. The molecule has 0 amide bonds. The Morgan fingerprint density at radius 1 is 1.55 bits per heavy atom. The zero-order chi connectivity index (χ0) is 8.85. The fourth-order valence-electron chi connectivity index (χ4n) is 0.519. The van der Waals surface area contributed by atoms with Crippen molar-refractivity contribution in [3.8, 4) is 0 Å². The lowest BCUT2D eigenvalue weighted by atomic mass is 10.2. The van der Waals surface area contributed by atoms with Crippen molar-refractivity contribution < 1.29 is 14.3 Å². The molecule has 0 aromatic carbocycles. The Morgan fingerprint density at radius 3 is 2.45 bits per heavy atom. The Hall–Kier alpha value is -1.32. The van der Waals surface area contributed by atoms with Crippen LogP contribution in [0.2, 0.25) is 0 Å². The van der Waals surface area contributed by atoms with E-state index in [9.17, 15) is 9.59 Å². The summed E-state index contributed by atoms with van der Waals surface area (Å²) >= 11 is 0. The molecule has 11 heavy (non-hydrogen) atoms. The van der Waals surface area contributed by atoms with Crippen LogP contribution in [0.3, 0.4) is 0 Å². The molecule has 0 aromatic heterocycles. The minimum absolute atomic E-state index is 0.245. The van der Waals surface area contributed by atoms with Crippen LogP contribution in [0.15, 0.2) is 11.8 Å². The fraction of sp³-hybridized carbons (Fsp3) is 0.429. The van der Waals surface area contributed by atoms with Crippen LogP contribution < -0.4 is 5.73 Å². The monoisotopic (exact) mass is 157 g/mol. The van der Waals surface area contributed by atoms with E-state index in [1.165, 1.54) is 13.2 Å². The van der Waals surface area contributed by atoms with Crippen LogP contribution in [0.25, 0.3) is 0 Å². The molecule has 4 heteroatoms. The number of allylic oxidation sites excluding steroid dienone is 2. The number of carbonyl (C=O) groups is 2. The predicted molar refractivity (Wildman–Crippen MR) is 39.6 cm³/mol. The van der Waals surface area contributed by atoms with E-state index in [0.29, 0.717) is 5.70 Å². The first kappa shape index (κ1) is 9.68. The van der Waals surface area contributed by atoms with Crippen LogP contribution >= 0.6 is 0 Å². The van der Waals surface area contributed by atoms with Crippen molar-refractivity contribution in [1.82, 2.24) is 0 Å². The third-order valence-electron chi connectivity index (χ3n) is 0.935. The lowest BCUT2D eigenvalue weighted by Crippen LogP contribution is -2.08. The molecule has 0 aliphatic rings. The molecular formula is C7H11NO3. The molecule has 0 spiro atoms. The highest BCUT2D eigenvalue weighted by molar-refractivity contribution is 6.02. The van der Waals surface area contributed by atoms with Gasteiger partial charge in [-0.05, 0) is 6.92 Å². The molecule has 0 saturated heterocycles. The smallest absolute Gasteiger partial charge is 0.313 e. The van der Waals surface area contributed by atoms with Crippen molar-refractivity contribution in [2.24, 2.45) is 5.73 Å². The van der Waals surface area contributed by atoms with Gasteiger partial charge in [-0.25, -0.2) is 0 Å². The molecule has 0 atom stereocenters. The van der Waals surface area contributed by atoms with Gasteiger partial charge < -0.3 is 10.5 Å². The summed E-state index contributed by atoms with van der Waals surface area (Å²) in [6.45, 7) is 1.58. The highest BCUT2D eigenvalue weighted by Gasteiger charge is 2.05. The van der Waals surface area contributed by atoms with Gasteiger partial charge in [-0.3, -0.25) is 9.59 Å². The quantitative estimate of drug-likeness (QED) is 0.355. The fourth-order valence-corrected chi connectivity index (χ4v) is 0.519. The highest BCUT2D eigenvalue weighted by atomic mass is 16.5. The summed E-state index contributed by atoms with van der Waals surface area (Å²) in [4.78, 5) is 21.3. The van der Waals surface area contributed by atoms with Crippen molar-refractivity contribution in [2.75, 3.05) is 7.11 Å². The minimum atomic E-state index is -0.549. The number of methoxy groups -OCH3 is 1. The molecule has 0 saturated carbocycles. The normalized spacial score (nSPS) is 10.9. The van der Waals surface area contributed by atoms with E-state index in [-0.39, 0.29) is 12.2 Å². The molecule has 4 nitrogen and oxygen atoms in total. The summed E-state index contributed by atoms with van der Waals surface area (Å²) in [6.07, 6.45) is 0.960. The molecule has 0 aliphatic heterocycles. The maximum Gasteiger partial charge on any atom is 0.313 e. The number of hydrogen-bond acceptors (Lipinski definition) is 4. The van der Waals surface area contributed by atoms with Crippen LogP contribution in [-0.4, -0.2) is 18.9 Å². The summed E-state index contributed by atoms with van der Waals surface area (Å²) in [7, 11) is 1.23. The predicted octanol–water partition coefficient (Wildman–Crippen LogP) is -0.0189. The van der Waals surface area contributed by atoms with Crippen molar-refractivity contribution in [3.05, 3.63) is 11.8 Å². The van der Waals surface area contributed by atoms with E-state index in [0.717, 1.165) is 0 Å². The topological polar surface area (TPSA) is 69.4 Å². The highest BCUT2D eigenvalue weighted by Crippen LogP contribution is 1.90. The molecule has 0 heterocycles. The maximum absolute atomic E-state index is 10.8. The third-order valence-corrected chi connectivity index (χ3v) is 0.935. The molecule has 0 radical (unpaired) electrons. The summed E-state index contributed by atoms with van der Waals surface area (Å²) in [5.74, 6) is -0.885. The Balaban J connectivity index is 3.89. The van der Waals surface area contributed by atoms with Gasteiger partial charge in [-0.1, -0.05) is 0 Å². The van der Waals surface area contributed by atoms with Gasteiger partial charge in [0, 0.05) is 11.8 Å². The summed E-state index contributed by atoms with van der Waals surface area (Å²) in [5.41, 5.74) is 5.59. The van der Waals surface area contributed by atoms with E-state index in [2.05, 4.69) is 4.74 Å². The molecular weight excluding hydrogens is 146 g/mol. The summed E-state index contributed by atoms with van der Waals surface area (Å²) in [6, 6.07) is 0. The van der Waals surface area contributed by atoms with Crippen molar-refractivity contribution in [3.63, 3.8) is 0 Å². The van der Waals surface area contributed by atoms with Gasteiger partial charge >= 0.3 is 5.97 Å². The van der Waals surface area contributed by atoms with Gasteiger partial charge in [-0.15, -0.1) is 0 Å². The zero-order valence-electron chi connectivity index (χ0n) is 6.59. The summed E-state index contributed by atoms with van der Waals surface area (Å²) < 4.78 is 4.27. The van der Waals surface area contributed by atoms with E-state index in [1.807, 2.05) is 0 Å². The van der Waals surface area contributed by atoms with E-state index in [1.54, 1.807) is 6.92 Å². The van der Waals surface area contributed by atoms with Gasteiger partial charge in [0.05, 0.1) is 7.11 Å². The van der Waals surface area contributed by atoms with Crippen LogP contribution in [-0.2, 0) is 14.3 Å².